The Balaban J connectivity index is 0.00000242. The fourth-order valence-corrected chi connectivity index (χ4v) is 3.38. The zero-order valence-electron chi connectivity index (χ0n) is 13.6. The van der Waals surface area contributed by atoms with Crippen LogP contribution in [0.2, 0.25) is 0 Å². The number of nitrogens with zero attached hydrogens (tertiary/aromatic N) is 1. The molecule has 2 N–H and O–H groups in total. The van der Waals surface area contributed by atoms with Crippen LogP contribution in [0.5, 0.6) is 0 Å². The minimum absolute atomic E-state index is 0. The van der Waals surface area contributed by atoms with Crippen molar-refractivity contribution in [2.45, 2.75) is 45.4 Å². The molecule has 0 aromatic rings. The van der Waals surface area contributed by atoms with E-state index < -0.39 is 0 Å². The Labute approximate surface area is 140 Å². The summed E-state index contributed by atoms with van der Waals surface area (Å²) in [6, 6.07) is 0. The predicted octanol–water partition coefficient (Wildman–Crippen LogP) is 1.56. The summed E-state index contributed by atoms with van der Waals surface area (Å²) in [4.78, 5) is 25.3. The maximum absolute atomic E-state index is 11.9. The Morgan fingerprint density at radius 2 is 2.14 bits per heavy atom. The van der Waals surface area contributed by atoms with E-state index in [-0.39, 0.29) is 24.2 Å². The van der Waals surface area contributed by atoms with Gasteiger partial charge in [-0.3, -0.25) is 9.59 Å². The van der Waals surface area contributed by atoms with Gasteiger partial charge in [0.2, 0.25) is 11.8 Å². The van der Waals surface area contributed by atoms with Gasteiger partial charge in [0.15, 0.2) is 0 Å². The number of halogens is 1. The highest BCUT2D eigenvalue weighted by atomic mass is 35.5. The second-order valence-corrected chi connectivity index (χ2v) is 6.46. The van der Waals surface area contributed by atoms with Crippen LogP contribution in [-0.2, 0) is 9.59 Å². The maximum Gasteiger partial charge on any atom is 0.222 e. The molecule has 6 heteroatoms. The van der Waals surface area contributed by atoms with Gasteiger partial charge in [-0.1, -0.05) is 6.92 Å². The molecule has 2 fully saturated rings. The Bertz CT molecular complexity index is 359. The van der Waals surface area contributed by atoms with E-state index in [0.29, 0.717) is 31.2 Å². The number of rotatable bonds is 7. The summed E-state index contributed by atoms with van der Waals surface area (Å²) in [5.41, 5.74) is 0. The molecule has 5 nitrogen and oxygen atoms in total. The Morgan fingerprint density at radius 1 is 1.41 bits per heavy atom. The highest BCUT2D eigenvalue weighted by molar-refractivity contribution is 5.85. The number of carbonyl (C=O) groups excluding carboxylic acids is 2. The molecule has 2 saturated heterocycles. The molecule has 1 unspecified atom stereocenters. The lowest BCUT2D eigenvalue weighted by molar-refractivity contribution is -0.127. The lowest BCUT2D eigenvalue weighted by Gasteiger charge is -2.27. The first-order chi connectivity index (χ1) is 10.2. The summed E-state index contributed by atoms with van der Waals surface area (Å²) in [5.74, 6) is 1.57. The van der Waals surface area contributed by atoms with Crippen molar-refractivity contribution >= 4 is 24.2 Å². The van der Waals surface area contributed by atoms with E-state index in [1.165, 1.54) is 12.8 Å². The van der Waals surface area contributed by atoms with Crippen LogP contribution in [0.1, 0.15) is 45.4 Å². The maximum atomic E-state index is 11.9. The van der Waals surface area contributed by atoms with Gasteiger partial charge in [-0.05, 0) is 50.6 Å². The molecule has 2 aliphatic rings. The first-order valence-corrected chi connectivity index (χ1v) is 8.42. The van der Waals surface area contributed by atoms with Crippen molar-refractivity contribution in [2.75, 3.05) is 32.7 Å². The van der Waals surface area contributed by atoms with Crippen LogP contribution in [0.4, 0.5) is 0 Å². The highest BCUT2D eigenvalue weighted by Gasteiger charge is 2.22. The van der Waals surface area contributed by atoms with Crippen LogP contribution >= 0.6 is 12.4 Å². The average molecular weight is 332 g/mol. The van der Waals surface area contributed by atoms with E-state index in [9.17, 15) is 9.59 Å². The number of amides is 2. The largest absolute Gasteiger partial charge is 0.356 e. The minimum atomic E-state index is 0. The number of hydrogen-bond donors (Lipinski definition) is 2. The number of nitrogens with one attached hydrogen (secondary N) is 2. The molecule has 2 amide bonds. The second kappa shape index (κ2) is 10.1. The van der Waals surface area contributed by atoms with E-state index in [4.69, 9.17) is 0 Å². The van der Waals surface area contributed by atoms with Crippen LogP contribution < -0.4 is 10.6 Å². The molecule has 0 saturated carbocycles. The summed E-state index contributed by atoms with van der Waals surface area (Å²) in [7, 11) is 0. The molecule has 0 aromatic heterocycles. The van der Waals surface area contributed by atoms with Gasteiger partial charge in [-0.25, -0.2) is 0 Å². The van der Waals surface area contributed by atoms with Crippen LogP contribution in [-0.4, -0.2) is 49.4 Å². The van der Waals surface area contributed by atoms with E-state index >= 15 is 0 Å². The summed E-state index contributed by atoms with van der Waals surface area (Å²) in [5, 5.41) is 6.36. The Kier molecular flexibility index (Phi) is 8.79. The van der Waals surface area contributed by atoms with E-state index in [2.05, 4.69) is 17.6 Å². The summed E-state index contributed by atoms with van der Waals surface area (Å²) >= 11 is 0. The van der Waals surface area contributed by atoms with Crippen LogP contribution in [0, 0.1) is 11.8 Å². The molecular weight excluding hydrogens is 302 g/mol. The van der Waals surface area contributed by atoms with Crippen LogP contribution in [0.3, 0.4) is 0 Å². The van der Waals surface area contributed by atoms with E-state index in [1.54, 1.807) is 0 Å². The van der Waals surface area contributed by atoms with Gasteiger partial charge in [-0.15, -0.1) is 12.4 Å². The fourth-order valence-electron chi connectivity index (χ4n) is 3.38. The van der Waals surface area contributed by atoms with Crippen molar-refractivity contribution in [2.24, 2.45) is 11.8 Å². The third kappa shape index (κ3) is 6.13. The van der Waals surface area contributed by atoms with Crippen molar-refractivity contribution in [1.82, 2.24) is 15.5 Å². The second-order valence-electron chi connectivity index (χ2n) is 6.46. The van der Waals surface area contributed by atoms with Crippen molar-refractivity contribution in [3.05, 3.63) is 0 Å². The standard InChI is InChI=1S/C16H29N3O2.ClH/c1-13(14-5-8-17-9-6-14)12-15(20)18-7-3-11-19-10-2-4-16(19)21;/h13-14,17H,2-12H2,1H3,(H,18,20);1H. The lowest BCUT2D eigenvalue weighted by atomic mass is 9.84. The molecule has 0 aromatic carbocycles. The normalized spacial score (nSPS) is 20.6. The zero-order chi connectivity index (χ0) is 15.1. The van der Waals surface area contributed by atoms with Gasteiger partial charge in [0.1, 0.15) is 0 Å². The number of carbonyl (C=O) groups is 2. The SMILES string of the molecule is CC(CC(=O)NCCCN1CCCC1=O)C1CCNCC1.Cl. The van der Waals surface area contributed by atoms with Gasteiger partial charge in [0, 0.05) is 32.5 Å². The molecule has 128 valence electrons. The quantitative estimate of drug-likeness (QED) is 0.696. The number of hydrogen-bond acceptors (Lipinski definition) is 3. The Hall–Kier alpha value is -0.810. The molecule has 1 atom stereocenters. The smallest absolute Gasteiger partial charge is 0.222 e. The monoisotopic (exact) mass is 331 g/mol. The van der Waals surface area contributed by atoms with E-state index in [1.807, 2.05) is 4.90 Å². The molecule has 0 radical (unpaired) electrons. The molecule has 0 spiro atoms. The van der Waals surface area contributed by atoms with Gasteiger partial charge in [-0.2, -0.15) is 0 Å². The molecule has 2 aliphatic heterocycles. The molecule has 0 aliphatic carbocycles. The zero-order valence-corrected chi connectivity index (χ0v) is 14.4. The van der Waals surface area contributed by atoms with Gasteiger partial charge in [0.25, 0.3) is 0 Å². The highest BCUT2D eigenvalue weighted by Crippen LogP contribution is 2.24. The van der Waals surface area contributed by atoms with Crippen molar-refractivity contribution < 1.29 is 9.59 Å². The van der Waals surface area contributed by atoms with E-state index in [0.717, 1.165) is 39.0 Å². The third-order valence-corrected chi connectivity index (χ3v) is 4.79. The molecule has 22 heavy (non-hydrogen) atoms. The molecule has 2 rings (SSSR count). The lowest BCUT2D eigenvalue weighted by Crippen LogP contribution is -2.34. The fraction of sp³-hybridized carbons (Fsp3) is 0.875. The summed E-state index contributed by atoms with van der Waals surface area (Å²) < 4.78 is 0. The van der Waals surface area contributed by atoms with Gasteiger partial charge >= 0.3 is 0 Å². The van der Waals surface area contributed by atoms with Crippen molar-refractivity contribution in [3.8, 4) is 0 Å². The summed E-state index contributed by atoms with van der Waals surface area (Å²) in [6.07, 6.45) is 5.54. The third-order valence-electron chi connectivity index (χ3n) is 4.79. The first kappa shape index (κ1) is 19.2. The van der Waals surface area contributed by atoms with Gasteiger partial charge < -0.3 is 15.5 Å². The minimum Gasteiger partial charge on any atom is -0.356 e. The molecule has 2 heterocycles. The van der Waals surface area contributed by atoms with Crippen molar-refractivity contribution in [3.63, 3.8) is 0 Å². The van der Waals surface area contributed by atoms with Gasteiger partial charge in [0.05, 0.1) is 0 Å². The van der Waals surface area contributed by atoms with Crippen molar-refractivity contribution in [1.29, 1.82) is 0 Å². The topological polar surface area (TPSA) is 61.4 Å². The van der Waals surface area contributed by atoms with Crippen LogP contribution in [0.15, 0.2) is 0 Å². The Morgan fingerprint density at radius 3 is 2.77 bits per heavy atom. The van der Waals surface area contributed by atoms with Crippen LogP contribution in [0.25, 0.3) is 0 Å². The number of likely N-dealkylation sites (tertiary alicyclic amines) is 1. The predicted molar refractivity (Wildman–Crippen MR) is 90.1 cm³/mol. The number of piperidine rings is 1. The molecule has 0 bridgehead atoms. The summed E-state index contributed by atoms with van der Waals surface area (Å²) in [6.45, 7) is 6.71. The average Bonchev–Trinajstić information content (AvgIpc) is 2.90. The first-order valence-electron chi connectivity index (χ1n) is 8.42. The molecular formula is C16H30ClN3O2.